The molecule has 0 saturated heterocycles. The molecule has 2 rings (SSSR count). The molecule has 1 amide bonds. The lowest BCUT2D eigenvalue weighted by molar-refractivity contribution is 0.103. The third-order valence-corrected chi connectivity index (χ3v) is 3.86. The zero-order chi connectivity index (χ0) is 12.4. The van der Waals surface area contributed by atoms with Gasteiger partial charge in [-0.25, -0.2) is 9.97 Å². The zero-order valence-corrected chi connectivity index (χ0v) is 11.7. The summed E-state index contributed by atoms with van der Waals surface area (Å²) in [7, 11) is 0. The van der Waals surface area contributed by atoms with Crippen molar-refractivity contribution in [2.75, 3.05) is 5.32 Å². The van der Waals surface area contributed by atoms with Gasteiger partial charge in [-0.1, -0.05) is 0 Å². The summed E-state index contributed by atoms with van der Waals surface area (Å²) in [5.41, 5.74) is 1.66. The van der Waals surface area contributed by atoms with Crippen molar-refractivity contribution in [3.05, 3.63) is 38.5 Å². The Hall–Kier alpha value is -1.27. The van der Waals surface area contributed by atoms with Gasteiger partial charge in [-0.15, -0.1) is 11.3 Å². The van der Waals surface area contributed by atoms with Gasteiger partial charge in [-0.3, -0.25) is 4.79 Å². The van der Waals surface area contributed by atoms with E-state index < -0.39 is 0 Å². The van der Waals surface area contributed by atoms with Crippen molar-refractivity contribution in [1.82, 2.24) is 9.97 Å². The van der Waals surface area contributed by atoms with Crippen LogP contribution in [-0.4, -0.2) is 15.9 Å². The molecule has 2 aromatic rings. The number of hydrogen-bond donors (Lipinski definition) is 1. The average molecular weight is 312 g/mol. The van der Waals surface area contributed by atoms with Crippen LogP contribution in [0.2, 0.25) is 0 Å². The van der Waals surface area contributed by atoms with Crippen LogP contribution >= 0.6 is 27.3 Å². The number of amides is 1. The zero-order valence-electron chi connectivity index (χ0n) is 9.32. The quantitative estimate of drug-likeness (QED) is 0.867. The number of aromatic nitrogens is 2. The molecule has 0 aromatic carbocycles. The van der Waals surface area contributed by atoms with E-state index in [1.54, 1.807) is 12.4 Å². The molecule has 0 atom stereocenters. The van der Waals surface area contributed by atoms with E-state index in [-0.39, 0.29) is 5.91 Å². The van der Waals surface area contributed by atoms with Gasteiger partial charge >= 0.3 is 0 Å². The smallest absolute Gasteiger partial charge is 0.267 e. The Bertz CT molecular complexity index is 568. The Morgan fingerprint density at radius 2 is 2.12 bits per heavy atom. The molecule has 0 bridgehead atoms. The average Bonchev–Trinajstić information content (AvgIpc) is 2.70. The predicted octanol–water partition coefficient (Wildman–Crippen LogP) is 3.17. The van der Waals surface area contributed by atoms with E-state index in [1.165, 1.54) is 11.3 Å². The first-order valence-electron chi connectivity index (χ1n) is 4.92. The molecule has 0 aliphatic heterocycles. The topological polar surface area (TPSA) is 54.9 Å². The minimum absolute atomic E-state index is 0.154. The lowest BCUT2D eigenvalue weighted by atomic mass is 10.3. The minimum atomic E-state index is -0.154. The van der Waals surface area contributed by atoms with E-state index in [0.29, 0.717) is 10.6 Å². The van der Waals surface area contributed by atoms with E-state index in [9.17, 15) is 4.79 Å². The maximum Gasteiger partial charge on any atom is 0.267 e. The molecule has 0 radical (unpaired) electrons. The fourth-order valence-electron chi connectivity index (χ4n) is 1.29. The van der Waals surface area contributed by atoms with Crippen LogP contribution in [0.5, 0.6) is 0 Å². The summed E-state index contributed by atoms with van der Waals surface area (Å²) in [5.74, 6) is -0.154. The second-order valence-electron chi connectivity index (χ2n) is 3.53. The highest BCUT2D eigenvalue weighted by molar-refractivity contribution is 9.10. The van der Waals surface area contributed by atoms with Crippen molar-refractivity contribution < 1.29 is 4.79 Å². The summed E-state index contributed by atoms with van der Waals surface area (Å²) in [6, 6.07) is 1.86. The van der Waals surface area contributed by atoms with Crippen LogP contribution in [0.4, 0.5) is 5.69 Å². The summed E-state index contributed by atoms with van der Waals surface area (Å²) < 4.78 is 0.782. The third-order valence-electron chi connectivity index (χ3n) is 2.12. The van der Waals surface area contributed by atoms with Crippen LogP contribution in [0.25, 0.3) is 0 Å². The molecule has 0 aliphatic rings. The maximum atomic E-state index is 11.8. The molecule has 1 N–H and O–H groups in total. The summed E-state index contributed by atoms with van der Waals surface area (Å²) in [4.78, 5) is 20.6. The summed E-state index contributed by atoms with van der Waals surface area (Å²) >= 11 is 4.68. The van der Waals surface area contributed by atoms with Crippen LogP contribution in [0.15, 0.2) is 23.1 Å². The summed E-state index contributed by atoms with van der Waals surface area (Å²) in [6.07, 6.45) is 3.19. The fraction of sp³-hybridized carbons (Fsp3) is 0.182. The van der Waals surface area contributed by atoms with Crippen molar-refractivity contribution >= 4 is 38.9 Å². The van der Waals surface area contributed by atoms with Crippen LogP contribution in [0, 0.1) is 13.8 Å². The molecule has 0 unspecified atom stereocenters. The summed E-state index contributed by atoms with van der Waals surface area (Å²) in [6.45, 7) is 3.79. The number of carbonyl (C=O) groups is 1. The molecule has 4 nitrogen and oxygen atoms in total. The van der Waals surface area contributed by atoms with E-state index >= 15 is 0 Å². The highest BCUT2D eigenvalue weighted by atomic mass is 79.9. The number of carbonyl (C=O) groups excluding carboxylic acids is 1. The molecule has 17 heavy (non-hydrogen) atoms. The number of pyridine rings is 1. The van der Waals surface area contributed by atoms with Crippen molar-refractivity contribution in [1.29, 1.82) is 0 Å². The monoisotopic (exact) mass is 311 g/mol. The molecule has 0 fully saturated rings. The van der Waals surface area contributed by atoms with Gasteiger partial charge in [0.2, 0.25) is 0 Å². The van der Waals surface area contributed by atoms with Crippen molar-refractivity contribution in [3.63, 3.8) is 0 Å². The third kappa shape index (κ3) is 2.89. The molecule has 2 aromatic heterocycles. The second-order valence-corrected chi connectivity index (χ2v) is 5.52. The van der Waals surface area contributed by atoms with Gasteiger partial charge in [0, 0.05) is 0 Å². The van der Waals surface area contributed by atoms with Gasteiger partial charge in [0.15, 0.2) is 0 Å². The van der Waals surface area contributed by atoms with Gasteiger partial charge < -0.3 is 5.32 Å². The van der Waals surface area contributed by atoms with Gasteiger partial charge in [-0.2, -0.15) is 0 Å². The van der Waals surface area contributed by atoms with E-state index in [2.05, 4.69) is 31.2 Å². The number of halogens is 1. The maximum absolute atomic E-state index is 11.8. The number of nitrogens with zero attached hydrogens (tertiary/aromatic N) is 2. The Morgan fingerprint density at radius 1 is 1.35 bits per heavy atom. The normalized spacial score (nSPS) is 10.3. The van der Waals surface area contributed by atoms with Gasteiger partial charge in [0.1, 0.15) is 9.48 Å². The number of hydrogen-bond acceptors (Lipinski definition) is 4. The standard InChI is InChI=1S/C11H10BrN3OS/c1-6-3-8(4-14-10(6)12)15-11(16)9-5-13-7(2)17-9/h3-5H,1-2H3,(H,15,16). The number of thiazole rings is 1. The van der Waals surface area contributed by atoms with E-state index in [0.717, 1.165) is 15.2 Å². The highest BCUT2D eigenvalue weighted by Gasteiger charge is 2.09. The molecular formula is C11H10BrN3OS. The second kappa shape index (κ2) is 4.93. The largest absolute Gasteiger partial charge is 0.320 e. The Balaban J connectivity index is 2.15. The molecule has 6 heteroatoms. The number of nitrogens with one attached hydrogen (secondary N) is 1. The molecule has 0 saturated carbocycles. The van der Waals surface area contributed by atoms with Crippen LogP contribution in [0.1, 0.15) is 20.2 Å². The van der Waals surface area contributed by atoms with Gasteiger partial charge in [0.05, 0.1) is 23.1 Å². The number of aryl methyl sites for hydroxylation is 2. The van der Waals surface area contributed by atoms with Crippen LogP contribution in [-0.2, 0) is 0 Å². The molecule has 0 spiro atoms. The fourth-order valence-corrected chi connectivity index (χ4v) is 2.18. The van der Waals surface area contributed by atoms with Gasteiger partial charge in [-0.05, 0) is 41.4 Å². The first-order valence-corrected chi connectivity index (χ1v) is 6.53. The summed E-state index contributed by atoms with van der Waals surface area (Å²) in [5, 5.41) is 3.66. The molecule has 88 valence electrons. The van der Waals surface area contributed by atoms with E-state index in [4.69, 9.17) is 0 Å². The predicted molar refractivity (Wildman–Crippen MR) is 71.5 cm³/mol. The lowest BCUT2D eigenvalue weighted by Crippen LogP contribution is -2.10. The molecule has 2 heterocycles. The number of rotatable bonds is 2. The minimum Gasteiger partial charge on any atom is -0.320 e. The van der Waals surface area contributed by atoms with E-state index in [1.807, 2.05) is 19.9 Å². The lowest BCUT2D eigenvalue weighted by Gasteiger charge is -2.04. The van der Waals surface area contributed by atoms with Crippen molar-refractivity contribution in [2.24, 2.45) is 0 Å². The number of anilines is 1. The van der Waals surface area contributed by atoms with Crippen molar-refractivity contribution in [2.45, 2.75) is 13.8 Å². The molecular weight excluding hydrogens is 302 g/mol. The molecule has 0 aliphatic carbocycles. The van der Waals surface area contributed by atoms with Crippen LogP contribution in [0.3, 0.4) is 0 Å². The highest BCUT2D eigenvalue weighted by Crippen LogP contribution is 2.18. The van der Waals surface area contributed by atoms with Gasteiger partial charge in [0.25, 0.3) is 5.91 Å². The Kier molecular flexibility index (Phi) is 3.54. The Morgan fingerprint density at radius 3 is 2.71 bits per heavy atom. The first kappa shape index (κ1) is 12.2. The first-order chi connectivity index (χ1) is 8.06. The van der Waals surface area contributed by atoms with Crippen LogP contribution < -0.4 is 5.32 Å². The Labute approximate surface area is 111 Å². The SMILES string of the molecule is Cc1ncc(C(=O)Nc2cnc(Br)c(C)c2)s1. The van der Waals surface area contributed by atoms with Crippen molar-refractivity contribution in [3.8, 4) is 0 Å².